The number of aromatic nitrogens is 1. The van der Waals surface area contributed by atoms with Gasteiger partial charge in [-0.2, -0.15) is 0 Å². The highest BCUT2D eigenvalue weighted by Gasteiger charge is 2.23. The third-order valence-corrected chi connectivity index (χ3v) is 4.90. The molecule has 0 aliphatic carbocycles. The summed E-state index contributed by atoms with van der Waals surface area (Å²) in [4.78, 5) is 18.9. The van der Waals surface area contributed by atoms with Crippen LogP contribution in [0, 0.1) is 5.82 Å². The van der Waals surface area contributed by atoms with Crippen LogP contribution in [0.5, 0.6) is 0 Å². The Hall–Kier alpha value is -3.03. The second-order valence-corrected chi connectivity index (χ2v) is 6.81. The third-order valence-electron chi connectivity index (χ3n) is 4.90. The predicted molar refractivity (Wildman–Crippen MR) is 108 cm³/mol. The van der Waals surface area contributed by atoms with Gasteiger partial charge in [-0.05, 0) is 29.8 Å². The predicted octanol–water partition coefficient (Wildman–Crippen LogP) is 3.17. The van der Waals surface area contributed by atoms with Crippen LogP contribution in [0.1, 0.15) is 17.5 Å². The van der Waals surface area contributed by atoms with Gasteiger partial charge in [0, 0.05) is 31.8 Å². The lowest BCUT2D eigenvalue weighted by atomic mass is 10.0. The van der Waals surface area contributed by atoms with Crippen molar-refractivity contribution in [2.75, 3.05) is 32.8 Å². The number of morpholine rings is 1. The van der Waals surface area contributed by atoms with Crippen LogP contribution >= 0.6 is 0 Å². The summed E-state index contributed by atoms with van der Waals surface area (Å²) >= 11 is 0. The molecule has 1 N–H and O–H groups in total. The molecule has 1 aliphatic heterocycles. The Balaban J connectivity index is 1.41. The average Bonchev–Trinajstić information content (AvgIpc) is 3.17. The number of fused-ring (bicyclic) bond motifs is 1. The fourth-order valence-electron chi connectivity index (χ4n) is 3.40. The number of amides is 1. The number of benzene rings is 2. The highest BCUT2D eigenvalue weighted by molar-refractivity contribution is 5.91. The lowest BCUT2D eigenvalue weighted by Crippen LogP contribution is -2.43. The number of nitrogens with zero attached hydrogens (tertiary/aromatic N) is 2. The van der Waals surface area contributed by atoms with Gasteiger partial charge in [0.2, 0.25) is 11.8 Å². The molecular weight excluding hydrogens is 373 g/mol. The molecule has 3 aromatic rings. The fourth-order valence-corrected chi connectivity index (χ4v) is 3.40. The zero-order valence-electron chi connectivity index (χ0n) is 15.9. The van der Waals surface area contributed by atoms with E-state index in [9.17, 15) is 9.18 Å². The van der Waals surface area contributed by atoms with Crippen LogP contribution in [0.3, 0.4) is 0 Å². The normalized spacial score (nSPS) is 16.3. The number of hydrogen-bond donors (Lipinski definition) is 1. The number of rotatable bonds is 6. The van der Waals surface area contributed by atoms with Gasteiger partial charge in [-0.1, -0.05) is 24.3 Å². The second-order valence-electron chi connectivity index (χ2n) is 6.81. The maximum absolute atomic E-state index is 13.3. The lowest BCUT2D eigenvalue weighted by molar-refractivity contribution is -0.116. The molecule has 0 radical (unpaired) electrons. The van der Waals surface area contributed by atoms with Crippen LogP contribution < -0.4 is 5.32 Å². The molecule has 150 valence electrons. The van der Waals surface area contributed by atoms with Crippen molar-refractivity contribution >= 4 is 23.1 Å². The molecule has 6 nitrogen and oxygen atoms in total. The smallest absolute Gasteiger partial charge is 0.244 e. The average molecular weight is 395 g/mol. The largest absolute Gasteiger partial charge is 0.437 e. The summed E-state index contributed by atoms with van der Waals surface area (Å²) in [5.74, 6) is -0.142. The van der Waals surface area contributed by atoms with Crippen molar-refractivity contribution in [3.05, 3.63) is 71.9 Å². The van der Waals surface area contributed by atoms with Gasteiger partial charge >= 0.3 is 0 Å². The molecule has 0 bridgehead atoms. The summed E-state index contributed by atoms with van der Waals surface area (Å²) in [7, 11) is 0. The number of oxazole rings is 1. The summed E-state index contributed by atoms with van der Waals surface area (Å²) in [6.07, 6.45) is 2.96. The van der Waals surface area contributed by atoms with E-state index in [4.69, 9.17) is 9.15 Å². The zero-order valence-corrected chi connectivity index (χ0v) is 15.9. The minimum atomic E-state index is -0.278. The number of nitrogens with one attached hydrogen (secondary N) is 1. The summed E-state index contributed by atoms with van der Waals surface area (Å²) < 4.78 is 24.3. The highest BCUT2D eigenvalue weighted by Crippen LogP contribution is 2.22. The number of hydrogen-bond acceptors (Lipinski definition) is 5. The van der Waals surface area contributed by atoms with E-state index in [1.54, 1.807) is 18.2 Å². The molecule has 1 saturated heterocycles. The lowest BCUT2D eigenvalue weighted by Gasteiger charge is -2.34. The van der Waals surface area contributed by atoms with Crippen LogP contribution in [0.2, 0.25) is 0 Å². The molecule has 2 aromatic carbocycles. The summed E-state index contributed by atoms with van der Waals surface area (Å²) in [5, 5.41) is 2.93. The molecule has 4 rings (SSSR count). The fraction of sp³-hybridized carbons (Fsp3) is 0.273. The second kappa shape index (κ2) is 8.98. The molecule has 1 amide bonds. The minimum Gasteiger partial charge on any atom is -0.437 e. The quantitative estimate of drug-likeness (QED) is 0.650. The standard InChI is InChI=1S/C22H22FN3O3/c23-17-7-5-16(6-8-17)19(26-11-13-28-14-12-26)15-24-21(27)9-10-22-25-18-3-1-2-4-20(18)29-22/h1-10,19H,11-15H2,(H,24,27). The summed E-state index contributed by atoms with van der Waals surface area (Å²) in [5.41, 5.74) is 2.38. The van der Waals surface area contributed by atoms with Gasteiger partial charge in [0.25, 0.3) is 0 Å². The van der Waals surface area contributed by atoms with Crippen molar-refractivity contribution in [3.63, 3.8) is 0 Å². The maximum atomic E-state index is 13.3. The molecule has 1 aromatic heterocycles. The van der Waals surface area contributed by atoms with Gasteiger partial charge in [-0.25, -0.2) is 9.37 Å². The van der Waals surface area contributed by atoms with Crippen molar-refractivity contribution in [1.29, 1.82) is 0 Å². The van der Waals surface area contributed by atoms with E-state index >= 15 is 0 Å². The van der Waals surface area contributed by atoms with E-state index < -0.39 is 0 Å². The number of carbonyl (C=O) groups is 1. The summed E-state index contributed by atoms with van der Waals surface area (Å²) in [6, 6.07) is 13.8. The Kier molecular flexibility index (Phi) is 5.97. The molecule has 2 heterocycles. The monoisotopic (exact) mass is 395 g/mol. The first-order chi connectivity index (χ1) is 14.2. The molecule has 1 unspecified atom stereocenters. The van der Waals surface area contributed by atoms with E-state index in [2.05, 4.69) is 15.2 Å². The Morgan fingerprint density at radius 3 is 2.69 bits per heavy atom. The first-order valence-corrected chi connectivity index (χ1v) is 9.58. The van der Waals surface area contributed by atoms with Crippen LogP contribution in [0.4, 0.5) is 4.39 Å². The number of halogens is 1. The number of carbonyl (C=O) groups excluding carboxylic acids is 1. The third kappa shape index (κ3) is 4.88. The molecule has 29 heavy (non-hydrogen) atoms. The minimum absolute atomic E-state index is 0.0545. The molecule has 0 spiro atoms. The van der Waals surface area contributed by atoms with Crippen LogP contribution in [-0.4, -0.2) is 48.6 Å². The molecule has 1 aliphatic rings. The van der Waals surface area contributed by atoms with Crippen molar-refractivity contribution in [2.45, 2.75) is 6.04 Å². The van der Waals surface area contributed by atoms with E-state index in [1.165, 1.54) is 18.2 Å². The first kappa shape index (κ1) is 19.3. The Bertz CT molecular complexity index is 961. The van der Waals surface area contributed by atoms with E-state index in [0.717, 1.165) is 24.2 Å². The SMILES string of the molecule is O=C(C=Cc1nc2ccccc2o1)NCC(c1ccc(F)cc1)N1CCOCC1. The van der Waals surface area contributed by atoms with E-state index in [-0.39, 0.29) is 17.8 Å². The first-order valence-electron chi connectivity index (χ1n) is 9.58. The van der Waals surface area contributed by atoms with E-state index in [0.29, 0.717) is 31.2 Å². The number of para-hydroxylation sites is 2. The Labute approximate surface area is 168 Å². The summed E-state index contributed by atoms with van der Waals surface area (Å²) in [6.45, 7) is 3.21. The van der Waals surface area contributed by atoms with Gasteiger partial charge in [0.15, 0.2) is 5.58 Å². The van der Waals surface area contributed by atoms with Crippen molar-refractivity contribution in [1.82, 2.24) is 15.2 Å². The highest BCUT2D eigenvalue weighted by atomic mass is 19.1. The van der Waals surface area contributed by atoms with Gasteiger partial charge < -0.3 is 14.5 Å². The van der Waals surface area contributed by atoms with Crippen LogP contribution in [0.15, 0.2) is 59.0 Å². The van der Waals surface area contributed by atoms with Gasteiger partial charge in [-0.15, -0.1) is 0 Å². The molecule has 7 heteroatoms. The van der Waals surface area contributed by atoms with Crippen molar-refractivity contribution in [2.24, 2.45) is 0 Å². The number of ether oxygens (including phenoxy) is 1. The van der Waals surface area contributed by atoms with E-state index in [1.807, 2.05) is 24.3 Å². The Morgan fingerprint density at radius 2 is 1.93 bits per heavy atom. The zero-order chi connectivity index (χ0) is 20.1. The van der Waals surface area contributed by atoms with Gasteiger partial charge in [-0.3, -0.25) is 9.69 Å². The van der Waals surface area contributed by atoms with Gasteiger partial charge in [0.1, 0.15) is 11.3 Å². The van der Waals surface area contributed by atoms with Crippen molar-refractivity contribution in [3.8, 4) is 0 Å². The molecule has 0 saturated carbocycles. The molecule has 1 fully saturated rings. The van der Waals surface area contributed by atoms with Crippen molar-refractivity contribution < 1.29 is 18.3 Å². The van der Waals surface area contributed by atoms with Gasteiger partial charge in [0.05, 0.1) is 19.3 Å². The topological polar surface area (TPSA) is 67.6 Å². The maximum Gasteiger partial charge on any atom is 0.244 e. The Morgan fingerprint density at radius 1 is 1.17 bits per heavy atom. The van der Waals surface area contributed by atoms with Crippen LogP contribution in [-0.2, 0) is 9.53 Å². The molecular formula is C22H22FN3O3. The molecule has 1 atom stereocenters. The van der Waals surface area contributed by atoms with Crippen LogP contribution in [0.25, 0.3) is 17.2 Å².